The molecule has 0 saturated heterocycles. The first-order valence-corrected chi connectivity index (χ1v) is 10.4. The van der Waals surface area contributed by atoms with Crippen molar-refractivity contribution in [2.75, 3.05) is 12.5 Å². The van der Waals surface area contributed by atoms with E-state index in [1.165, 1.54) is 37.4 Å². The molecule has 0 spiro atoms. The minimum absolute atomic E-state index is 0.0488. The number of rotatable bonds is 7. The number of fused-ring (bicyclic) bond motifs is 1. The first-order chi connectivity index (χ1) is 13.2. The zero-order valence-electron chi connectivity index (χ0n) is 15.4. The normalized spacial score (nSPS) is 17.2. The zero-order chi connectivity index (χ0) is 18.6. The average Bonchev–Trinajstić information content (AvgIpc) is 3.41. The van der Waals surface area contributed by atoms with Gasteiger partial charge in [-0.2, -0.15) is 0 Å². The highest BCUT2D eigenvalue weighted by Gasteiger charge is 2.19. The van der Waals surface area contributed by atoms with Crippen molar-refractivity contribution in [3.05, 3.63) is 29.6 Å². The molecule has 144 valence electrons. The third-order valence-electron chi connectivity index (χ3n) is 5.07. The standard InChI is InChI=1S/C19H24N4O3S/c1-12(14-6-7-15-16(9-14)26-11-25-15)20-18(24)10-27-19-21-17(22-23-19)8-13-4-2-3-5-13/h6-7,9,12-13H,2-5,8,10-11H2,1H3,(H,20,24)(H,21,22,23). The van der Waals surface area contributed by atoms with E-state index in [1.54, 1.807) is 0 Å². The van der Waals surface area contributed by atoms with Crippen LogP contribution < -0.4 is 14.8 Å². The summed E-state index contributed by atoms with van der Waals surface area (Å²) in [5.41, 5.74) is 0.981. The minimum atomic E-state index is -0.113. The summed E-state index contributed by atoms with van der Waals surface area (Å²) in [6.45, 7) is 2.20. The maximum Gasteiger partial charge on any atom is 0.231 e. The molecule has 1 fully saturated rings. The molecule has 1 aliphatic heterocycles. The predicted octanol–water partition coefficient (Wildman–Crippen LogP) is 3.24. The Balaban J connectivity index is 1.25. The molecular weight excluding hydrogens is 364 g/mol. The van der Waals surface area contributed by atoms with Crippen LogP contribution in [0.4, 0.5) is 0 Å². The van der Waals surface area contributed by atoms with Gasteiger partial charge in [0.1, 0.15) is 5.82 Å². The molecule has 1 aromatic carbocycles. The number of amides is 1. The molecule has 8 heteroatoms. The molecule has 1 amide bonds. The highest BCUT2D eigenvalue weighted by Crippen LogP contribution is 2.34. The van der Waals surface area contributed by atoms with E-state index < -0.39 is 0 Å². The molecule has 4 rings (SSSR count). The monoisotopic (exact) mass is 388 g/mol. The molecule has 27 heavy (non-hydrogen) atoms. The second kappa shape index (κ2) is 8.21. The van der Waals surface area contributed by atoms with Gasteiger partial charge in [0.25, 0.3) is 0 Å². The van der Waals surface area contributed by atoms with Crippen LogP contribution in [0.25, 0.3) is 0 Å². The maximum absolute atomic E-state index is 12.3. The number of thioether (sulfide) groups is 1. The maximum atomic E-state index is 12.3. The van der Waals surface area contributed by atoms with Crippen LogP contribution in [-0.4, -0.2) is 33.6 Å². The number of nitrogens with one attached hydrogen (secondary N) is 2. The van der Waals surface area contributed by atoms with Gasteiger partial charge in [-0.1, -0.05) is 43.5 Å². The van der Waals surface area contributed by atoms with Crippen LogP contribution in [0.5, 0.6) is 11.5 Å². The summed E-state index contributed by atoms with van der Waals surface area (Å²) >= 11 is 1.35. The quantitative estimate of drug-likeness (QED) is 0.708. The van der Waals surface area contributed by atoms with Crippen LogP contribution in [0, 0.1) is 5.92 Å². The average molecular weight is 388 g/mol. The molecular formula is C19H24N4O3S. The second-order valence-corrected chi connectivity index (χ2v) is 8.05. The molecule has 2 N–H and O–H groups in total. The molecule has 1 atom stereocenters. The smallest absolute Gasteiger partial charge is 0.231 e. The summed E-state index contributed by atoms with van der Waals surface area (Å²) in [6.07, 6.45) is 6.16. The molecule has 2 aliphatic rings. The van der Waals surface area contributed by atoms with Crippen molar-refractivity contribution in [2.24, 2.45) is 5.92 Å². The van der Waals surface area contributed by atoms with Crippen molar-refractivity contribution < 1.29 is 14.3 Å². The van der Waals surface area contributed by atoms with E-state index in [0.717, 1.165) is 35.2 Å². The lowest BCUT2D eigenvalue weighted by Crippen LogP contribution is -2.28. The van der Waals surface area contributed by atoms with Crippen molar-refractivity contribution in [1.29, 1.82) is 0 Å². The lowest BCUT2D eigenvalue weighted by molar-refractivity contribution is -0.119. The van der Waals surface area contributed by atoms with Crippen LogP contribution in [0.2, 0.25) is 0 Å². The summed E-state index contributed by atoms with van der Waals surface area (Å²) in [5, 5.41) is 10.9. The van der Waals surface area contributed by atoms with E-state index in [-0.39, 0.29) is 24.5 Å². The molecule has 1 saturated carbocycles. The van der Waals surface area contributed by atoms with Gasteiger partial charge in [-0.05, 0) is 30.5 Å². The second-order valence-electron chi connectivity index (χ2n) is 7.11. The van der Waals surface area contributed by atoms with Gasteiger partial charge in [-0.3, -0.25) is 9.89 Å². The third-order valence-corrected chi connectivity index (χ3v) is 5.92. The van der Waals surface area contributed by atoms with E-state index >= 15 is 0 Å². The Morgan fingerprint density at radius 1 is 1.33 bits per heavy atom. The number of hydrogen-bond acceptors (Lipinski definition) is 6. The largest absolute Gasteiger partial charge is 0.454 e. The van der Waals surface area contributed by atoms with Gasteiger partial charge in [0.05, 0.1) is 11.8 Å². The van der Waals surface area contributed by atoms with Gasteiger partial charge in [0.15, 0.2) is 11.5 Å². The van der Waals surface area contributed by atoms with E-state index in [4.69, 9.17) is 9.47 Å². The lowest BCUT2D eigenvalue weighted by Gasteiger charge is -2.14. The molecule has 0 radical (unpaired) electrons. The van der Waals surface area contributed by atoms with E-state index in [0.29, 0.717) is 5.16 Å². The minimum Gasteiger partial charge on any atom is -0.454 e. The number of nitrogens with zero attached hydrogens (tertiary/aromatic N) is 2. The van der Waals surface area contributed by atoms with E-state index in [2.05, 4.69) is 20.5 Å². The van der Waals surface area contributed by atoms with Gasteiger partial charge in [0.2, 0.25) is 17.9 Å². The summed E-state index contributed by atoms with van der Waals surface area (Å²) in [7, 11) is 0. The fraction of sp³-hybridized carbons (Fsp3) is 0.526. The number of aromatic nitrogens is 3. The Labute approximate surface area is 162 Å². The van der Waals surface area contributed by atoms with E-state index in [1.807, 2.05) is 25.1 Å². The topological polar surface area (TPSA) is 89.1 Å². The number of hydrogen-bond donors (Lipinski definition) is 2. The van der Waals surface area contributed by atoms with Gasteiger partial charge in [-0.15, -0.1) is 5.10 Å². The third kappa shape index (κ3) is 4.55. The molecule has 2 aromatic rings. The van der Waals surface area contributed by atoms with Crippen LogP contribution in [0.3, 0.4) is 0 Å². The van der Waals surface area contributed by atoms with Crippen molar-refractivity contribution in [1.82, 2.24) is 20.5 Å². The van der Waals surface area contributed by atoms with Crippen LogP contribution in [-0.2, 0) is 11.2 Å². The zero-order valence-corrected chi connectivity index (χ0v) is 16.2. The fourth-order valence-electron chi connectivity index (χ4n) is 3.60. The Hall–Kier alpha value is -2.22. The van der Waals surface area contributed by atoms with Gasteiger partial charge < -0.3 is 14.8 Å². The Bertz CT molecular complexity index is 804. The van der Waals surface area contributed by atoms with Crippen molar-refractivity contribution in [3.8, 4) is 11.5 Å². The van der Waals surface area contributed by atoms with Crippen LogP contribution >= 0.6 is 11.8 Å². The number of aromatic amines is 1. The molecule has 7 nitrogen and oxygen atoms in total. The molecule has 2 heterocycles. The van der Waals surface area contributed by atoms with Gasteiger partial charge in [-0.25, -0.2) is 4.98 Å². The van der Waals surface area contributed by atoms with Crippen molar-refractivity contribution in [2.45, 2.75) is 50.2 Å². The van der Waals surface area contributed by atoms with Crippen LogP contribution in [0.1, 0.15) is 50.0 Å². The predicted molar refractivity (Wildman–Crippen MR) is 102 cm³/mol. The number of ether oxygens (including phenoxy) is 2. The molecule has 1 unspecified atom stereocenters. The van der Waals surface area contributed by atoms with Crippen molar-refractivity contribution in [3.63, 3.8) is 0 Å². The Kier molecular flexibility index (Phi) is 5.52. The lowest BCUT2D eigenvalue weighted by atomic mass is 10.0. The molecule has 1 aliphatic carbocycles. The molecule has 1 aromatic heterocycles. The number of carbonyl (C=O) groups excluding carboxylic acids is 1. The Morgan fingerprint density at radius 2 is 2.15 bits per heavy atom. The first-order valence-electron chi connectivity index (χ1n) is 9.40. The summed E-state index contributed by atoms with van der Waals surface area (Å²) < 4.78 is 10.7. The summed E-state index contributed by atoms with van der Waals surface area (Å²) in [4.78, 5) is 16.8. The van der Waals surface area contributed by atoms with Crippen molar-refractivity contribution >= 4 is 17.7 Å². The highest BCUT2D eigenvalue weighted by atomic mass is 32.2. The fourth-order valence-corrected chi connectivity index (χ4v) is 4.23. The van der Waals surface area contributed by atoms with Crippen LogP contribution in [0.15, 0.2) is 23.4 Å². The summed E-state index contributed by atoms with van der Waals surface area (Å²) in [5.74, 6) is 3.35. The number of H-pyrrole nitrogens is 1. The first kappa shape index (κ1) is 18.2. The SMILES string of the molecule is CC(NC(=O)CSc1n[nH]c(CC2CCCC2)n1)c1ccc2c(c1)OCO2. The summed E-state index contributed by atoms with van der Waals surface area (Å²) in [6, 6.07) is 5.60. The van der Waals surface area contributed by atoms with E-state index in [9.17, 15) is 4.79 Å². The van der Waals surface area contributed by atoms with Gasteiger partial charge in [0, 0.05) is 6.42 Å². The highest BCUT2D eigenvalue weighted by molar-refractivity contribution is 7.99. The van der Waals surface area contributed by atoms with Gasteiger partial charge >= 0.3 is 0 Å². The Morgan fingerprint density at radius 3 is 3.00 bits per heavy atom. The molecule has 0 bridgehead atoms. The number of carbonyl (C=O) groups is 1. The number of benzene rings is 1.